The Bertz CT molecular complexity index is 149. The fourth-order valence-corrected chi connectivity index (χ4v) is 1.15. The largest absolute Gasteiger partial charge is 0.389 e. The van der Waals surface area contributed by atoms with Crippen LogP contribution in [0.15, 0.2) is 0 Å². The SMILES string of the molecule is CN[C@@H]1C(=O)NC(C)[C@H]1O. The number of carbonyl (C=O) groups is 1. The number of aliphatic hydroxyl groups is 1. The van der Waals surface area contributed by atoms with Crippen LogP contribution in [0.25, 0.3) is 0 Å². The summed E-state index contributed by atoms with van der Waals surface area (Å²) in [7, 11) is 1.66. The summed E-state index contributed by atoms with van der Waals surface area (Å²) in [6.45, 7) is 1.78. The third-order valence-electron chi connectivity index (χ3n) is 1.82. The Hall–Kier alpha value is -0.610. The molecule has 1 aliphatic heterocycles. The van der Waals surface area contributed by atoms with Crippen molar-refractivity contribution in [2.24, 2.45) is 0 Å². The number of hydrogen-bond donors (Lipinski definition) is 3. The van der Waals surface area contributed by atoms with Crippen LogP contribution in [-0.4, -0.2) is 36.2 Å². The Morgan fingerprint density at radius 3 is 2.50 bits per heavy atom. The van der Waals surface area contributed by atoms with Gasteiger partial charge in [-0.05, 0) is 14.0 Å². The quantitative estimate of drug-likeness (QED) is 0.417. The minimum atomic E-state index is -0.600. The summed E-state index contributed by atoms with van der Waals surface area (Å²) in [6, 6.07) is -0.569. The number of aliphatic hydroxyl groups excluding tert-OH is 1. The molecule has 0 radical (unpaired) electrons. The topological polar surface area (TPSA) is 61.4 Å². The van der Waals surface area contributed by atoms with Crippen molar-refractivity contribution >= 4 is 5.91 Å². The molecule has 1 heterocycles. The lowest BCUT2D eigenvalue weighted by molar-refractivity contribution is -0.121. The highest BCUT2D eigenvalue weighted by molar-refractivity contribution is 5.85. The van der Waals surface area contributed by atoms with Gasteiger partial charge >= 0.3 is 0 Å². The lowest BCUT2D eigenvalue weighted by Gasteiger charge is -2.11. The minimum Gasteiger partial charge on any atom is -0.389 e. The minimum absolute atomic E-state index is 0.123. The van der Waals surface area contributed by atoms with E-state index in [1.807, 2.05) is 0 Å². The Morgan fingerprint density at radius 2 is 2.30 bits per heavy atom. The molecular weight excluding hydrogens is 132 g/mol. The second-order valence-electron chi connectivity index (χ2n) is 2.55. The summed E-state index contributed by atoms with van der Waals surface area (Å²) in [5.74, 6) is -0.123. The standard InChI is InChI=1S/C6H12N2O2/c1-3-5(9)4(7-2)6(10)8-3/h3-5,7,9H,1-2H3,(H,8,10)/t3?,4-,5+/m0/s1. The molecule has 1 unspecified atom stereocenters. The first kappa shape index (κ1) is 7.50. The van der Waals surface area contributed by atoms with E-state index < -0.39 is 12.1 Å². The summed E-state index contributed by atoms with van der Waals surface area (Å²) in [5, 5.41) is 14.6. The molecule has 3 N–H and O–H groups in total. The monoisotopic (exact) mass is 144 g/mol. The summed E-state index contributed by atoms with van der Waals surface area (Å²) < 4.78 is 0. The van der Waals surface area contributed by atoms with E-state index in [-0.39, 0.29) is 11.9 Å². The zero-order chi connectivity index (χ0) is 7.72. The zero-order valence-corrected chi connectivity index (χ0v) is 6.09. The first-order valence-corrected chi connectivity index (χ1v) is 3.32. The first-order valence-electron chi connectivity index (χ1n) is 3.32. The summed E-state index contributed by atoms with van der Waals surface area (Å²) in [5.41, 5.74) is 0. The number of likely N-dealkylation sites (N-methyl/N-ethyl adjacent to an activating group) is 1. The smallest absolute Gasteiger partial charge is 0.240 e. The van der Waals surface area contributed by atoms with Crippen molar-refractivity contribution in [3.05, 3.63) is 0 Å². The molecule has 0 bridgehead atoms. The Morgan fingerprint density at radius 1 is 1.70 bits per heavy atom. The second-order valence-corrected chi connectivity index (χ2v) is 2.55. The van der Waals surface area contributed by atoms with Crippen LogP contribution in [0.4, 0.5) is 0 Å². The van der Waals surface area contributed by atoms with Crippen LogP contribution in [-0.2, 0) is 4.79 Å². The van der Waals surface area contributed by atoms with Crippen LogP contribution in [0, 0.1) is 0 Å². The Kier molecular flexibility index (Phi) is 1.92. The number of carbonyl (C=O) groups excluding carboxylic acids is 1. The van der Waals surface area contributed by atoms with E-state index in [9.17, 15) is 9.90 Å². The van der Waals surface area contributed by atoms with Gasteiger partial charge in [0.25, 0.3) is 0 Å². The second kappa shape index (κ2) is 2.56. The molecule has 0 spiro atoms. The van der Waals surface area contributed by atoms with Crippen LogP contribution in [0.1, 0.15) is 6.92 Å². The molecular formula is C6H12N2O2. The molecule has 0 aliphatic carbocycles. The number of rotatable bonds is 1. The maximum absolute atomic E-state index is 10.9. The molecule has 1 amide bonds. The molecule has 58 valence electrons. The molecule has 4 heteroatoms. The van der Waals surface area contributed by atoms with Crippen molar-refractivity contribution in [2.45, 2.75) is 25.1 Å². The molecule has 10 heavy (non-hydrogen) atoms. The van der Waals surface area contributed by atoms with Gasteiger partial charge in [-0.1, -0.05) is 0 Å². The van der Waals surface area contributed by atoms with Crippen LogP contribution >= 0.6 is 0 Å². The third-order valence-corrected chi connectivity index (χ3v) is 1.82. The average Bonchev–Trinajstić information content (AvgIpc) is 2.09. The van der Waals surface area contributed by atoms with E-state index >= 15 is 0 Å². The van der Waals surface area contributed by atoms with E-state index in [4.69, 9.17) is 0 Å². The van der Waals surface area contributed by atoms with E-state index in [1.165, 1.54) is 0 Å². The van der Waals surface area contributed by atoms with E-state index in [0.717, 1.165) is 0 Å². The molecule has 0 saturated carbocycles. The Labute approximate surface area is 59.6 Å². The molecule has 1 rings (SSSR count). The molecule has 0 aromatic rings. The first-order chi connectivity index (χ1) is 4.66. The van der Waals surface area contributed by atoms with Gasteiger partial charge in [0.05, 0.1) is 12.1 Å². The molecule has 4 nitrogen and oxygen atoms in total. The summed E-state index contributed by atoms with van der Waals surface area (Å²) >= 11 is 0. The highest BCUT2D eigenvalue weighted by Gasteiger charge is 2.37. The summed E-state index contributed by atoms with van der Waals surface area (Å²) in [4.78, 5) is 10.9. The van der Waals surface area contributed by atoms with Gasteiger partial charge in [-0.25, -0.2) is 0 Å². The van der Waals surface area contributed by atoms with E-state index in [1.54, 1.807) is 14.0 Å². The van der Waals surface area contributed by atoms with Crippen molar-refractivity contribution in [3.63, 3.8) is 0 Å². The lowest BCUT2D eigenvalue weighted by Crippen LogP contribution is -2.40. The van der Waals surface area contributed by atoms with E-state index in [0.29, 0.717) is 0 Å². The molecule has 0 aromatic heterocycles. The third kappa shape index (κ3) is 0.998. The fourth-order valence-electron chi connectivity index (χ4n) is 1.15. The van der Waals surface area contributed by atoms with Gasteiger partial charge in [-0.15, -0.1) is 0 Å². The average molecular weight is 144 g/mol. The highest BCUT2D eigenvalue weighted by Crippen LogP contribution is 2.07. The van der Waals surface area contributed by atoms with Gasteiger partial charge in [0.15, 0.2) is 0 Å². The summed E-state index contributed by atoms with van der Waals surface area (Å²) in [6.07, 6.45) is -0.600. The van der Waals surface area contributed by atoms with Crippen molar-refractivity contribution < 1.29 is 9.90 Å². The number of amides is 1. The van der Waals surface area contributed by atoms with Crippen LogP contribution < -0.4 is 10.6 Å². The van der Waals surface area contributed by atoms with Crippen molar-refractivity contribution in [1.82, 2.24) is 10.6 Å². The van der Waals surface area contributed by atoms with Gasteiger partial charge in [0.1, 0.15) is 6.04 Å². The predicted molar refractivity (Wildman–Crippen MR) is 36.5 cm³/mol. The van der Waals surface area contributed by atoms with Crippen molar-refractivity contribution in [2.75, 3.05) is 7.05 Å². The van der Waals surface area contributed by atoms with Gasteiger partial charge < -0.3 is 15.7 Å². The molecule has 0 aromatic carbocycles. The van der Waals surface area contributed by atoms with Gasteiger partial charge in [0.2, 0.25) is 5.91 Å². The molecule has 1 saturated heterocycles. The number of hydrogen-bond acceptors (Lipinski definition) is 3. The van der Waals surface area contributed by atoms with Crippen molar-refractivity contribution in [1.29, 1.82) is 0 Å². The molecule has 3 atom stereocenters. The number of nitrogens with one attached hydrogen (secondary N) is 2. The molecule has 1 aliphatic rings. The highest BCUT2D eigenvalue weighted by atomic mass is 16.3. The fraction of sp³-hybridized carbons (Fsp3) is 0.833. The van der Waals surface area contributed by atoms with Gasteiger partial charge in [-0.3, -0.25) is 4.79 Å². The predicted octanol–water partition coefficient (Wildman–Crippen LogP) is -1.55. The van der Waals surface area contributed by atoms with Crippen LogP contribution in [0.2, 0.25) is 0 Å². The maximum Gasteiger partial charge on any atom is 0.240 e. The Balaban J connectivity index is 2.64. The molecule has 1 fully saturated rings. The van der Waals surface area contributed by atoms with Crippen molar-refractivity contribution in [3.8, 4) is 0 Å². The normalized spacial score (nSPS) is 39.9. The van der Waals surface area contributed by atoms with Crippen LogP contribution in [0.5, 0.6) is 0 Å². The van der Waals surface area contributed by atoms with Gasteiger partial charge in [-0.2, -0.15) is 0 Å². The lowest BCUT2D eigenvalue weighted by atomic mass is 10.1. The maximum atomic E-state index is 10.9. The van der Waals surface area contributed by atoms with Gasteiger partial charge in [0, 0.05) is 0 Å². The van der Waals surface area contributed by atoms with E-state index in [2.05, 4.69) is 10.6 Å². The van der Waals surface area contributed by atoms with Crippen LogP contribution in [0.3, 0.4) is 0 Å². The zero-order valence-electron chi connectivity index (χ0n) is 6.09.